The van der Waals surface area contributed by atoms with Crippen molar-refractivity contribution in [3.8, 4) is 0 Å². The Balaban J connectivity index is 2.35. The number of halogens is 1. The van der Waals surface area contributed by atoms with Gasteiger partial charge in [-0.15, -0.1) is 11.6 Å². The molecule has 96 valence electrons. The summed E-state index contributed by atoms with van der Waals surface area (Å²) in [5.74, 6) is 0.299. The van der Waals surface area contributed by atoms with E-state index in [0.29, 0.717) is 12.3 Å². The number of aliphatic hydroxyl groups is 2. The zero-order valence-electron chi connectivity index (χ0n) is 10.2. The second-order valence-electron chi connectivity index (χ2n) is 5.04. The third kappa shape index (κ3) is 4.23. The van der Waals surface area contributed by atoms with Gasteiger partial charge in [0.1, 0.15) is 0 Å². The fraction of sp³-hybridized carbons (Fsp3) is 1.00. The summed E-state index contributed by atoms with van der Waals surface area (Å²) >= 11 is 6.15. The molecular weight excluding hydrogens is 224 g/mol. The Bertz CT molecular complexity index is 181. The molecule has 0 aliphatic heterocycles. The van der Waals surface area contributed by atoms with Crippen LogP contribution in [0.5, 0.6) is 0 Å². The van der Waals surface area contributed by atoms with E-state index in [2.05, 4.69) is 6.92 Å². The predicted molar refractivity (Wildman–Crippen MR) is 67.8 cm³/mol. The van der Waals surface area contributed by atoms with Crippen molar-refractivity contribution in [1.82, 2.24) is 0 Å². The number of rotatable bonds is 6. The lowest BCUT2D eigenvalue weighted by molar-refractivity contribution is 0.0323. The topological polar surface area (TPSA) is 40.5 Å². The van der Waals surface area contributed by atoms with E-state index in [-0.39, 0.29) is 0 Å². The molecule has 0 aromatic heterocycles. The van der Waals surface area contributed by atoms with Gasteiger partial charge in [0.2, 0.25) is 0 Å². The third-order valence-corrected chi connectivity index (χ3v) is 4.23. The van der Waals surface area contributed by atoms with Gasteiger partial charge in [-0.25, -0.2) is 0 Å². The minimum atomic E-state index is -0.557. The summed E-state index contributed by atoms with van der Waals surface area (Å²) in [6.07, 6.45) is 7.42. The van der Waals surface area contributed by atoms with E-state index < -0.39 is 17.6 Å². The maximum absolute atomic E-state index is 10.1. The van der Waals surface area contributed by atoms with Gasteiger partial charge in [0.15, 0.2) is 0 Å². The Morgan fingerprint density at radius 3 is 2.38 bits per heavy atom. The van der Waals surface area contributed by atoms with E-state index in [1.807, 2.05) is 0 Å². The Kier molecular flexibility index (Phi) is 6.71. The van der Waals surface area contributed by atoms with E-state index in [9.17, 15) is 10.2 Å². The molecule has 0 aromatic carbocycles. The molecule has 1 saturated carbocycles. The molecule has 0 heterocycles. The Morgan fingerprint density at radius 2 is 1.81 bits per heavy atom. The molecule has 2 nitrogen and oxygen atoms in total. The van der Waals surface area contributed by atoms with Crippen molar-refractivity contribution in [2.24, 2.45) is 5.92 Å². The second kappa shape index (κ2) is 7.52. The lowest BCUT2D eigenvalue weighted by Gasteiger charge is -2.31. The van der Waals surface area contributed by atoms with Crippen molar-refractivity contribution in [2.45, 2.75) is 75.9 Å². The Hall–Kier alpha value is 0.210. The standard InChI is InChI=1S/C13H25ClO2/c1-2-3-9-11(15)12(14)13(16)10-7-5-4-6-8-10/h10-13,15-16H,2-9H2,1H3. The lowest BCUT2D eigenvalue weighted by atomic mass is 9.83. The minimum Gasteiger partial charge on any atom is -0.391 e. The van der Waals surface area contributed by atoms with E-state index in [0.717, 1.165) is 25.7 Å². The highest BCUT2D eigenvalue weighted by Crippen LogP contribution is 2.30. The molecule has 1 aliphatic carbocycles. The third-order valence-electron chi connectivity index (χ3n) is 3.68. The number of unbranched alkanes of at least 4 members (excludes halogenated alkanes) is 1. The molecule has 0 radical (unpaired) electrons. The molecule has 2 N–H and O–H groups in total. The van der Waals surface area contributed by atoms with Crippen LogP contribution in [0.4, 0.5) is 0 Å². The molecule has 0 amide bonds. The fourth-order valence-corrected chi connectivity index (χ4v) is 2.87. The monoisotopic (exact) mass is 248 g/mol. The predicted octanol–water partition coefficient (Wildman–Crippen LogP) is 3.09. The molecule has 1 fully saturated rings. The normalized spacial score (nSPS) is 24.0. The van der Waals surface area contributed by atoms with Crippen LogP contribution in [0, 0.1) is 5.92 Å². The number of alkyl halides is 1. The van der Waals surface area contributed by atoms with Crippen LogP contribution in [0.3, 0.4) is 0 Å². The zero-order valence-corrected chi connectivity index (χ0v) is 11.0. The zero-order chi connectivity index (χ0) is 12.0. The first-order valence-corrected chi connectivity index (χ1v) is 7.10. The molecule has 0 aromatic rings. The molecule has 0 spiro atoms. The van der Waals surface area contributed by atoms with E-state index in [4.69, 9.17) is 11.6 Å². The maximum Gasteiger partial charge on any atom is 0.0856 e. The summed E-state index contributed by atoms with van der Waals surface area (Å²) in [5, 5.41) is 19.5. The van der Waals surface area contributed by atoms with Crippen LogP contribution in [0.25, 0.3) is 0 Å². The largest absolute Gasteiger partial charge is 0.391 e. The number of hydrogen-bond donors (Lipinski definition) is 2. The van der Waals surface area contributed by atoms with Crippen LogP contribution >= 0.6 is 11.6 Å². The van der Waals surface area contributed by atoms with Gasteiger partial charge in [-0.2, -0.15) is 0 Å². The van der Waals surface area contributed by atoms with Gasteiger partial charge < -0.3 is 10.2 Å². The van der Waals surface area contributed by atoms with Gasteiger partial charge >= 0.3 is 0 Å². The molecule has 1 rings (SSSR count). The summed E-state index contributed by atoms with van der Waals surface area (Å²) in [6.45, 7) is 2.09. The number of aliphatic hydroxyl groups excluding tert-OH is 2. The molecule has 3 heteroatoms. The van der Waals surface area contributed by atoms with E-state index in [1.165, 1.54) is 19.3 Å². The summed E-state index contributed by atoms with van der Waals surface area (Å²) in [7, 11) is 0. The molecule has 3 unspecified atom stereocenters. The van der Waals surface area contributed by atoms with Crippen LogP contribution < -0.4 is 0 Å². The molecule has 0 saturated heterocycles. The summed E-state index contributed by atoms with van der Waals surface area (Å²) < 4.78 is 0. The van der Waals surface area contributed by atoms with Crippen molar-refractivity contribution in [2.75, 3.05) is 0 Å². The Morgan fingerprint density at radius 1 is 1.19 bits per heavy atom. The lowest BCUT2D eigenvalue weighted by Crippen LogP contribution is -2.38. The van der Waals surface area contributed by atoms with Crippen LogP contribution in [-0.2, 0) is 0 Å². The van der Waals surface area contributed by atoms with Crippen LogP contribution in [0.15, 0.2) is 0 Å². The van der Waals surface area contributed by atoms with Crippen LogP contribution in [0.1, 0.15) is 58.3 Å². The average molecular weight is 249 g/mol. The maximum atomic E-state index is 10.1. The van der Waals surface area contributed by atoms with E-state index >= 15 is 0 Å². The smallest absolute Gasteiger partial charge is 0.0856 e. The summed E-state index contributed by atoms with van der Waals surface area (Å²) in [5.41, 5.74) is 0. The SMILES string of the molecule is CCCCC(O)C(Cl)C(O)C1CCCCC1. The Labute approximate surface area is 104 Å². The van der Waals surface area contributed by atoms with Crippen molar-refractivity contribution in [3.05, 3.63) is 0 Å². The van der Waals surface area contributed by atoms with Gasteiger partial charge in [-0.05, 0) is 25.2 Å². The van der Waals surface area contributed by atoms with E-state index in [1.54, 1.807) is 0 Å². The molecule has 1 aliphatic rings. The average Bonchev–Trinajstić information content (AvgIpc) is 2.35. The number of hydrogen-bond acceptors (Lipinski definition) is 2. The molecule has 3 atom stereocenters. The molecule has 16 heavy (non-hydrogen) atoms. The highest BCUT2D eigenvalue weighted by molar-refractivity contribution is 6.21. The first-order valence-electron chi connectivity index (χ1n) is 6.67. The van der Waals surface area contributed by atoms with Crippen LogP contribution in [-0.4, -0.2) is 27.8 Å². The van der Waals surface area contributed by atoms with Crippen molar-refractivity contribution in [3.63, 3.8) is 0 Å². The van der Waals surface area contributed by atoms with Gasteiger partial charge in [0.25, 0.3) is 0 Å². The summed E-state index contributed by atoms with van der Waals surface area (Å²) in [4.78, 5) is 0. The van der Waals surface area contributed by atoms with Gasteiger partial charge in [-0.1, -0.05) is 39.0 Å². The fourth-order valence-electron chi connectivity index (χ4n) is 2.54. The first kappa shape index (κ1) is 14.3. The van der Waals surface area contributed by atoms with Gasteiger partial charge in [0.05, 0.1) is 17.6 Å². The van der Waals surface area contributed by atoms with Gasteiger partial charge in [0, 0.05) is 0 Å². The first-order chi connectivity index (χ1) is 7.66. The van der Waals surface area contributed by atoms with Crippen LogP contribution in [0.2, 0.25) is 0 Å². The summed E-state index contributed by atoms with van der Waals surface area (Å²) in [6, 6.07) is 0. The quantitative estimate of drug-likeness (QED) is 0.710. The second-order valence-corrected chi connectivity index (χ2v) is 5.55. The molecular formula is C13H25ClO2. The minimum absolute atomic E-state index is 0.299. The van der Waals surface area contributed by atoms with Crippen molar-refractivity contribution < 1.29 is 10.2 Å². The highest BCUT2D eigenvalue weighted by Gasteiger charge is 2.31. The molecule has 0 bridgehead atoms. The van der Waals surface area contributed by atoms with Gasteiger partial charge in [-0.3, -0.25) is 0 Å². The highest BCUT2D eigenvalue weighted by atomic mass is 35.5. The van der Waals surface area contributed by atoms with Crippen molar-refractivity contribution >= 4 is 11.6 Å². The van der Waals surface area contributed by atoms with Crippen molar-refractivity contribution in [1.29, 1.82) is 0 Å².